The second kappa shape index (κ2) is 5.08. The minimum absolute atomic E-state index is 0.109. The van der Waals surface area contributed by atoms with E-state index in [-0.39, 0.29) is 16.7 Å². The molecule has 0 amide bonds. The van der Waals surface area contributed by atoms with Crippen molar-refractivity contribution in [3.8, 4) is 0 Å². The molecule has 2 aromatic heterocycles. The van der Waals surface area contributed by atoms with Gasteiger partial charge in [0.2, 0.25) is 20.9 Å². The van der Waals surface area contributed by atoms with Gasteiger partial charge in [0, 0.05) is 13.5 Å². The standard InChI is InChI=1S/C10H15N5O3S/c1-7(2)4-9-13-8(14-18-9)5-19(16,17)10-11-6-12-15(10)3/h6-7H,4-5H2,1-3H3. The molecule has 0 spiro atoms. The predicted octanol–water partition coefficient (Wildman–Crippen LogP) is 0.370. The third-order valence-electron chi connectivity index (χ3n) is 2.36. The number of aryl methyl sites for hydroxylation is 1. The number of rotatable bonds is 5. The van der Waals surface area contributed by atoms with Crippen LogP contribution in [0, 0.1) is 5.92 Å². The molecule has 0 unspecified atom stereocenters. The van der Waals surface area contributed by atoms with Gasteiger partial charge in [0.1, 0.15) is 12.1 Å². The lowest BCUT2D eigenvalue weighted by atomic mass is 10.1. The number of sulfone groups is 1. The number of hydrogen-bond donors (Lipinski definition) is 0. The van der Waals surface area contributed by atoms with Gasteiger partial charge in [-0.15, -0.1) is 0 Å². The number of aromatic nitrogens is 5. The van der Waals surface area contributed by atoms with Crippen molar-refractivity contribution in [3.63, 3.8) is 0 Å². The molecule has 2 rings (SSSR count). The summed E-state index contributed by atoms with van der Waals surface area (Å²) in [4.78, 5) is 7.78. The van der Waals surface area contributed by atoms with Crippen LogP contribution < -0.4 is 0 Å². The van der Waals surface area contributed by atoms with E-state index in [1.54, 1.807) is 0 Å². The van der Waals surface area contributed by atoms with Crippen LogP contribution in [0.25, 0.3) is 0 Å². The van der Waals surface area contributed by atoms with Gasteiger partial charge in [-0.1, -0.05) is 19.0 Å². The molecule has 0 aromatic carbocycles. The Morgan fingerprint density at radius 1 is 1.42 bits per heavy atom. The van der Waals surface area contributed by atoms with Crippen molar-refractivity contribution in [2.75, 3.05) is 0 Å². The minimum Gasteiger partial charge on any atom is -0.339 e. The van der Waals surface area contributed by atoms with E-state index in [0.29, 0.717) is 18.2 Å². The molecule has 0 atom stereocenters. The Morgan fingerprint density at radius 3 is 2.74 bits per heavy atom. The van der Waals surface area contributed by atoms with E-state index in [1.165, 1.54) is 18.1 Å². The molecule has 8 nitrogen and oxygen atoms in total. The Morgan fingerprint density at radius 2 is 2.16 bits per heavy atom. The van der Waals surface area contributed by atoms with Gasteiger partial charge in [-0.05, 0) is 5.92 Å². The van der Waals surface area contributed by atoms with Crippen molar-refractivity contribution in [3.05, 3.63) is 18.0 Å². The van der Waals surface area contributed by atoms with Crippen LogP contribution >= 0.6 is 0 Å². The van der Waals surface area contributed by atoms with Crippen molar-refractivity contribution in [1.29, 1.82) is 0 Å². The molecular weight excluding hydrogens is 270 g/mol. The van der Waals surface area contributed by atoms with E-state index in [4.69, 9.17) is 4.52 Å². The van der Waals surface area contributed by atoms with E-state index in [2.05, 4.69) is 20.2 Å². The highest BCUT2D eigenvalue weighted by atomic mass is 32.2. The molecule has 0 bridgehead atoms. The SMILES string of the molecule is CC(C)Cc1nc(CS(=O)(=O)c2ncnn2C)no1. The fourth-order valence-corrected chi connectivity index (χ4v) is 2.83. The first-order valence-electron chi connectivity index (χ1n) is 5.76. The molecule has 104 valence electrons. The van der Waals surface area contributed by atoms with E-state index in [9.17, 15) is 8.42 Å². The maximum atomic E-state index is 12.1. The van der Waals surface area contributed by atoms with E-state index in [0.717, 1.165) is 0 Å². The first-order valence-corrected chi connectivity index (χ1v) is 7.42. The van der Waals surface area contributed by atoms with Gasteiger partial charge < -0.3 is 4.52 Å². The second-order valence-corrected chi connectivity index (χ2v) is 6.51. The van der Waals surface area contributed by atoms with Crippen LogP contribution in [0.5, 0.6) is 0 Å². The summed E-state index contributed by atoms with van der Waals surface area (Å²) in [5.74, 6) is 0.599. The smallest absolute Gasteiger partial charge is 0.245 e. The number of nitrogens with zero attached hydrogens (tertiary/aromatic N) is 5. The van der Waals surface area contributed by atoms with Gasteiger partial charge in [0.05, 0.1) is 0 Å². The van der Waals surface area contributed by atoms with Crippen molar-refractivity contribution >= 4 is 9.84 Å². The van der Waals surface area contributed by atoms with Crippen LogP contribution in [-0.4, -0.2) is 33.3 Å². The molecule has 9 heteroatoms. The van der Waals surface area contributed by atoms with Crippen LogP contribution in [0.2, 0.25) is 0 Å². The van der Waals surface area contributed by atoms with Crippen LogP contribution in [0.15, 0.2) is 16.0 Å². The van der Waals surface area contributed by atoms with E-state index >= 15 is 0 Å². The van der Waals surface area contributed by atoms with Crippen LogP contribution in [-0.2, 0) is 29.1 Å². The van der Waals surface area contributed by atoms with Crippen molar-refractivity contribution in [1.82, 2.24) is 24.9 Å². The lowest BCUT2D eigenvalue weighted by molar-refractivity contribution is 0.359. The van der Waals surface area contributed by atoms with Crippen molar-refractivity contribution in [2.24, 2.45) is 13.0 Å². The van der Waals surface area contributed by atoms with Gasteiger partial charge in [0.25, 0.3) is 0 Å². The summed E-state index contributed by atoms with van der Waals surface area (Å²) in [5.41, 5.74) is 0. The van der Waals surface area contributed by atoms with Gasteiger partial charge in [0.15, 0.2) is 5.82 Å². The summed E-state index contributed by atoms with van der Waals surface area (Å²) in [6, 6.07) is 0. The molecule has 0 fully saturated rings. The molecule has 0 aliphatic heterocycles. The fraction of sp³-hybridized carbons (Fsp3) is 0.600. The monoisotopic (exact) mass is 285 g/mol. The molecule has 0 aliphatic rings. The molecule has 0 saturated heterocycles. The second-order valence-electron chi connectivity index (χ2n) is 4.63. The average molecular weight is 285 g/mol. The summed E-state index contributed by atoms with van der Waals surface area (Å²) < 4.78 is 30.3. The quantitative estimate of drug-likeness (QED) is 0.781. The predicted molar refractivity (Wildman–Crippen MR) is 64.7 cm³/mol. The first-order chi connectivity index (χ1) is 8.88. The Labute approximate surface area is 110 Å². The van der Waals surface area contributed by atoms with E-state index < -0.39 is 9.84 Å². The normalized spacial score (nSPS) is 12.2. The third kappa shape index (κ3) is 3.16. The molecule has 19 heavy (non-hydrogen) atoms. The molecule has 2 aromatic rings. The third-order valence-corrected chi connectivity index (χ3v) is 3.92. The Hall–Kier alpha value is -1.77. The van der Waals surface area contributed by atoms with Crippen molar-refractivity contribution in [2.45, 2.75) is 31.2 Å². The average Bonchev–Trinajstić information content (AvgIpc) is 2.86. The molecule has 2 heterocycles. The van der Waals surface area contributed by atoms with Gasteiger partial charge in [-0.25, -0.2) is 18.1 Å². The summed E-state index contributed by atoms with van der Waals surface area (Å²) in [6.07, 6.45) is 1.81. The van der Waals surface area contributed by atoms with E-state index in [1.807, 2.05) is 13.8 Å². The fourth-order valence-electron chi connectivity index (χ4n) is 1.58. The number of hydrogen-bond acceptors (Lipinski definition) is 7. The zero-order chi connectivity index (χ0) is 14.0. The lowest BCUT2D eigenvalue weighted by Gasteiger charge is -1.99. The maximum Gasteiger partial charge on any atom is 0.245 e. The van der Waals surface area contributed by atoms with Crippen LogP contribution in [0.3, 0.4) is 0 Å². The van der Waals surface area contributed by atoms with Crippen molar-refractivity contribution < 1.29 is 12.9 Å². The topological polar surface area (TPSA) is 104 Å². The largest absolute Gasteiger partial charge is 0.339 e. The highest BCUT2D eigenvalue weighted by molar-refractivity contribution is 7.90. The molecule has 0 saturated carbocycles. The first kappa shape index (κ1) is 13.7. The molecule has 0 aliphatic carbocycles. The highest BCUT2D eigenvalue weighted by Gasteiger charge is 2.24. The summed E-state index contributed by atoms with van der Waals surface area (Å²) in [7, 11) is -2.10. The Kier molecular flexibility index (Phi) is 3.65. The van der Waals surface area contributed by atoms with Gasteiger partial charge in [-0.2, -0.15) is 10.1 Å². The molecular formula is C10H15N5O3S. The maximum absolute atomic E-state index is 12.1. The van der Waals surface area contributed by atoms with Crippen LogP contribution in [0.4, 0.5) is 0 Å². The summed E-state index contributed by atoms with van der Waals surface area (Å²) in [6.45, 7) is 4.03. The minimum atomic E-state index is -3.61. The zero-order valence-electron chi connectivity index (χ0n) is 10.9. The molecule has 0 N–H and O–H groups in total. The summed E-state index contributed by atoms with van der Waals surface area (Å²) >= 11 is 0. The highest BCUT2D eigenvalue weighted by Crippen LogP contribution is 2.12. The zero-order valence-corrected chi connectivity index (χ0v) is 11.8. The van der Waals surface area contributed by atoms with Gasteiger partial charge >= 0.3 is 0 Å². The molecule has 0 radical (unpaired) electrons. The van der Waals surface area contributed by atoms with Gasteiger partial charge in [-0.3, -0.25) is 0 Å². The lowest BCUT2D eigenvalue weighted by Crippen LogP contribution is -2.12. The Bertz CT molecular complexity index is 658. The Balaban J connectivity index is 2.17. The summed E-state index contributed by atoms with van der Waals surface area (Å²) in [5, 5.41) is 7.29. The van der Waals surface area contributed by atoms with Crippen LogP contribution in [0.1, 0.15) is 25.6 Å².